The second kappa shape index (κ2) is 4.82. The smallest absolute Gasteiger partial charge is 0.206 e. The molecule has 0 amide bonds. The molecule has 0 bridgehead atoms. The number of hydrogen-bond acceptors (Lipinski definition) is 3. The van der Waals surface area contributed by atoms with Crippen molar-refractivity contribution < 1.29 is 14.0 Å². The summed E-state index contributed by atoms with van der Waals surface area (Å²) in [6.07, 6.45) is 2.88. The van der Waals surface area contributed by atoms with Crippen LogP contribution in [0.15, 0.2) is 35.7 Å². The fourth-order valence-corrected chi connectivity index (χ4v) is 1.57. The molecule has 1 heterocycles. The first-order valence-electron chi connectivity index (χ1n) is 5.05. The van der Waals surface area contributed by atoms with Crippen molar-refractivity contribution in [1.29, 1.82) is 0 Å². The molecule has 0 spiro atoms. The number of nitrogens with zero attached hydrogens (tertiary/aromatic N) is 3. The first kappa shape index (κ1) is 12.0. The van der Waals surface area contributed by atoms with Gasteiger partial charge in [-0.1, -0.05) is 11.2 Å². The summed E-state index contributed by atoms with van der Waals surface area (Å²) in [6, 6.07) is 3.61. The normalized spacial score (nSPS) is 11.8. The molecule has 7 heteroatoms. The fraction of sp³-hybridized carbons (Fsp3) is 0.0909. The van der Waals surface area contributed by atoms with Gasteiger partial charge in [0, 0.05) is 18.0 Å². The highest BCUT2D eigenvalue weighted by Gasteiger charge is 2.13. The van der Waals surface area contributed by atoms with Crippen LogP contribution in [0.3, 0.4) is 0 Å². The van der Waals surface area contributed by atoms with E-state index in [1.165, 1.54) is 35.2 Å². The lowest BCUT2D eigenvalue weighted by Crippen LogP contribution is -2.20. The Balaban J connectivity index is 2.38. The lowest BCUT2D eigenvalue weighted by molar-refractivity contribution is 0.318. The minimum atomic E-state index is -0.658. The Bertz CT molecular complexity index is 574. The number of imidazole rings is 1. The van der Waals surface area contributed by atoms with E-state index in [9.17, 15) is 8.78 Å². The Hall–Kier alpha value is -2.44. The van der Waals surface area contributed by atoms with E-state index >= 15 is 0 Å². The standard InChI is InChI=1S/C11H10F2N4O/c12-8-2-1-3-9(13)7(8)6-17-5-4-15-11(17)10(14)16-18/h1-5,18H,6H2,(H2,14,16). The van der Waals surface area contributed by atoms with Crippen molar-refractivity contribution in [3.63, 3.8) is 0 Å². The van der Waals surface area contributed by atoms with Gasteiger partial charge >= 0.3 is 0 Å². The zero-order chi connectivity index (χ0) is 13.1. The summed E-state index contributed by atoms with van der Waals surface area (Å²) in [4.78, 5) is 3.84. The second-order valence-electron chi connectivity index (χ2n) is 3.56. The van der Waals surface area contributed by atoms with Crippen molar-refractivity contribution >= 4 is 5.84 Å². The second-order valence-corrected chi connectivity index (χ2v) is 3.56. The molecule has 0 aliphatic rings. The Kier molecular flexibility index (Phi) is 3.22. The molecule has 0 radical (unpaired) electrons. The van der Waals surface area contributed by atoms with Gasteiger partial charge in [-0.25, -0.2) is 13.8 Å². The van der Waals surface area contributed by atoms with Crippen LogP contribution in [0.1, 0.15) is 11.4 Å². The molecule has 0 fully saturated rings. The zero-order valence-corrected chi connectivity index (χ0v) is 9.22. The summed E-state index contributed by atoms with van der Waals surface area (Å²) >= 11 is 0. The van der Waals surface area contributed by atoms with Crippen molar-refractivity contribution in [1.82, 2.24) is 9.55 Å². The number of halogens is 2. The van der Waals surface area contributed by atoms with Gasteiger partial charge in [-0.15, -0.1) is 0 Å². The largest absolute Gasteiger partial charge is 0.409 e. The maximum absolute atomic E-state index is 13.5. The van der Waals surface area contributed by atoms with Gasteiger partial charge in [-0.3, -0.25) is 0 Å². The highest BCUT2D eigenvalue weighted by Crippen LogP contribution is 2.14. The molecule has 18 heavy (non-hydrogen) atoms. The third-order valence-corrected chi connectivity index (χ3v) is 2.44. The van der Waals surface area contributed by atoms with Gasteiger partial charge in [-0.05, 0) is 12.1 Å². The van der Waals surface area contributed by atoms with E-state index in [0.29, 0.717) is 0 Å². The van der Waals surface area contributed by atoms with Crippen LogP contribution in [0, 0.1) is 11.6 Å². The monoisotopic (exact) mass is 252 g/mol. The lowest BCUT2D eigenvalue weighted by atomic mass is 10.2. The van der Waals surface area contributed by atoms with Gasteiger partial charge in [0.05, 0.1) is 6.54 Å². The summed E-state index contributed by atoms with van der Waals surface area (Å²) in [5.74, 6) is -1.40. The van der Waals surface area contributed by atoms with Gasteiger partial charge in [0.25, 0.3) is 0 Å². The number of nitrogens with two attached hydrogens (primary N) is 1. The minimum Gasteiger partial charge on any atom is -0.409 e. The number of rotatable bonds is 3. The summed E-state index contributed by atoms with van der Waals surface area (Å²) in [7, 11) is 0. The van der Waals surface area contributed by atoms with Crippen LogP contribution in [-0.4, -0.2) is 20.6 Å². The van der Waals surface area contributed by atoms with Gasteiger partial charge in [-0.2, -0.15) is 0 Å². The summed E-state index contributed by atoms with van der Waals surface area (Å²) in [5.41, 5.74) is 5.29. The minimum absolute atomic E-state index is 0.0932. The maximum Gasteiger partial charge on any atom is 0.206 e. The highest BCUT2D eigenvalue weighted by molar-refractivity contribution is 5.93. The van der Waals surface area contributed by atoms with E-state index < -0.39 is 11.6 Å². The number of oxime groups is 1. The molecule has 5 nitrogen and oxygen atoms in total. The average molecular weight is 252 g/mol. The molecule has 2 aromatic rings. The maximum atomic E-state index is 13.5. The third kappa shape index (κ3) is 2.15. The average Bonchev–Trinajstić information content (AvgIpc) is 2.81. The van der Waals surface area contributed by atoms with Crippen LogP contribution in [0.4, 0.5) is 8.78 Å². The van der Waals surface area contributed by atoms with Crippen LogP contribution >= 0.6 is 0 Å². The quantitative estimate of drug-likeness (QED) is 0.374. The topological polar surface area (TPSA) is 76.4 Å². The Labute approximate surface area is 101 Å². The van der Waals surface area contributed by atoms with E-state index in [1.807, 2.05) is 0 Å². The molecule has 0 atom stereocenters. The number of aromatic nitrogens is 2. The Morgan fingerprint density at radius 1 is 1.39 bits per heavy atom. The van der Waals surface area contributed by atoms with Gasteiger partial charge in [0.2, 0.25) is 5.84 Å². The molecule has 0 aliphatic heterocycles. The first-order chi connectivity index (χ1) is 8.63. The van der Waals surface area contributed by atoms with E-state index in [0.717, 1.165) is 0 Å². The molecule has 1 aromatic heterocycles. The van der Waals surface area contributed by atoms with E-state index in [1.54, 1.807) is 0 Å². The fourth-order valence-electron chi connectivity index (χ4n) is 1.57. The molecule has 94 valence electrons. The van der Waals surface area contributed by atoms with Crippen molar-refractivity contribution in [2.24, 2.45) is 10.9 Å². The summed E-state index contributed by atoms with van der Waals surface area (Å²) in [6.45, 7) is -0.0932. The number of hydrogen-bond donors (Lipinski definition) is 2. The van der Waals surface area contributed by atoms with Crippen LogP contribution in [0.5, 0.6) is 0 Å². The van der Waals surface area contributed by atoms with Crippen molar-refractivity contribution in [3.05, 3.63) is 53.6 Å². The van der Waals surface area contributed by atoms with Crippen molar-refractivity contribution in [2.45, 2.75) is 6.54 Å². The highest BCUT2D eigenvalue weighted by atomic mass is 19.1. The SMILES string of the molecule is N/C(=N/O)c1nccn1Cc1c(F)cccc1F. The van der Waals surface area contributed by atoms with E-state index in [-0.39, 0.29) is 23.8 Å². The summed E-state index contributed by atoms with van der Waals surface area (Å²) in [5, 5.41) is 11.4. The summed E-state index contributed by atoms with van der Waals surface area (Å²) < 4.78 is 28.3. The molecule has 3 N–H and O–H groups in total. The Morgan fingerprint density at radius 3 is 2.67 bits per heavy atom. The predicted octanol–water partition coefficient (Wildman–Crippen LogP) is 1.30. The molecule has 0 unspecified atom stereocenters. The van der Waals surface area contributed by atoms with Gasteiger partial charge < -0.3 is 15.5 Å². The van der Waals surface area contributed by atoms with E-state index in [2.05, 4.69) is 10.1 Å². The van der Waals surface area contributed by atoms with Crippen molar-refractivity contribution in [2.75, 3.05) is 0 Å². The zero-order valence-electron chi connectivity index (χ0n) is 9.22. The van der Waals surface area contributed by atoms with Crippen LogP contribution in [-0.2, 0) is 6.54 Å². The third-order valence-electron chi connectivity index (χ3n) is 2.44. The molecule has 0 saturated heterocycles. The Morgan fingerprint density at radius 2 is 2.06 bits per heavy atom. The molecular weight excluding hydrogens is 242 g/mol. The molecular formula is C11H10F2N4O. The van der Waals surface area contributed by atoms with Gasteiger partial charge in [0.1, 0.15) is 11.6 Å². The first-order valence-corrected chi connectivity index (χ1v) is 5.05. The van der Waals surface area contributed by atoms with E-state index in [4.69, 9.17) is 10.9 Å². The number of benzene rings is 1. The van der Waals surface area contributed by atoms with Gasteiger partial charge in [0.15, 0.2) is 5.82 Å². The van der Waals surface area contributed by atoms with Crippen LogP contribution in [0.25, 0.3) is 0 Å². The van der Waals surface area contributed by atoms with Crippen LogP contribution in [0.2, 0.25) is 0 Å². The van der Waals surface area contributed by atoms with Crippen LogP contribution < -0.4 is 5.73 Å². The molecule has 0 saturated carbocycles. The molecule has 2 rings (SSSR count). The van der Waals surface area contributed by atoms with Crippen molar-refractivity contribution in [3.8, 4) is 0 Å². The number of amidine groups is 1. The molecule has 0 aliphatic carbocycles. The lowest BCUT2D eigenvalue weighted by Gasteiger charge is -2.08. The predicted molar refractivity (Wildman–Crippen MR) is 60.2 cm³/mol. The molecule has 1 aromatic carbocycles.